The number of amides is 1. The van der Waals surface area contributed by atoms with Crippen molar-refractivity contribution in [1.82, 2.24) is 0 Å². The molecule has 0 atom stereocenters. The van der Waals surface area contributed by atoms with Crippen molar-refractivity contribution < 1.29 is 19.1 Å². The molecule has 1 aromatic carbocycles. The van der Waals surface area contributed by atoms with E-state index in [9.17, 15) is 14.4 Å². The van der Waals surface area contributed by atoms with Crippen LogP contribution in [0.25, 0.3) is 0 Å². The van der Waals surface area contributed by atoms with Crippen LogP contribution in [0, 0.1) is 0 Å². The third-order valence-electron chi connectivity index (χ3n) is 2.21. The molecule has 0 saturated carbocycles. The Kier molecular flexibility index (Phi) is 2.36. The first-order valence-electron chi connectivity index (χ1n) is 4.50. The average molecular weight is 217 g/mol. The summed E-state index contributed by atoms with van der Waals surface area (Å²) in [4.78, 5) is 37.9. The third kappa shape index (κ3) is 1.42. The summed E-state index contributed by atoms with van der Waals surface area (Å²) in [5, 5.41) is 0. The van der Waals surface area contributed by atoms with Crippen LogP contribution >= 0.6 is 0 Å². The lowest BCUT2D eigenvalue weighted by Crippen LogP contribution is -2.31. The van der Waals surface area contributed by atoms with E-state index in [-0.39, 0.29) is 11.1 Å². The summed E-state index contributed by atoms with van der Waals surface area (Å²) in [5.41, 5.74) is -0.0748. The van der Waals surface area contributed by atoms with E-state index >= 15 is 0 Å². The molecule has 0 radical (unpaired) electrons. The molecule has 1 aliphatic rings. The molecule has 0 aliphatic carbocycles. The SMILES string of the molecule is COC(=O)C1=NC(=O)c2ccccc2C1=O. The lowest BCUT2D eigenvalue weighted by atomic mass is 9.97. The van der Waals surface area contributed by atoms with Crippen molar-refractivity contribution in [3.8, 4) is 0 Å². The van der Waals surface area contributed by atoms with Gasteiger partial charge in [0.1, 0.15) is 0 Å². The molecule has 0 spiro atoms. The number of aliphatic imine (C=N–C) groups is 1. The Balaban J connectivity index is 2.56. The molecule has 0 aromatic heterocycles. The fourth-order valence-corrected chi connectivity index (χ4v) is 1.44. The molecule has 2 rings (SSSR count). The minimum absolute atomic E-state index is 0.183. The van der Waals surface area contributed by atoms with Crippen LogP contribution in [0.15, 0.2) is 29.3 Å². The number of fused-ring (bicyclic) bond motifs is 1. The number of benzene rings is 1. The number of carbonyl (C=O) groups excluding carboxylic acids is 3. The van der Waals surface area contributed by atoms with E-state index in [4.69, 9.17) is 0 Å². The molecule has 0 unspecified atom stereocenters. The number of ketones is 1. The highest BCUT2D eigenvalue weighted by molar-refractivity contribution is 6.70. The smallest absolute Gasteiger partial charge is 0.360 e. The Morgan fingerprint density at radius 3 is 2.44 bits per heavy atom. The Labute approximate surface area is 90.7 Å². The first kappa shape index (κ1) is 10.2. The summed E-state index contributed by atoms with van der Waals surface area (Å²) in [7, 11) is 1.13. The molecule has 1 heterocycles. The fraction of sp³-hybridized carbons (Fsp3) is 0.0909. The van der Waals surface area contributed by atoms with Crippen molar-refractivity contribution in [3.63, 3.8) is 0 Å². The van der Waals surface area contributed by atoms with Crippen molar-refractivity contribution >= 4 is 23.4 Å². The molecule has 0 N–H and O–H groups in total. The number of carbonyl (C=O) groups is 3. The second-order valence-corrected chi connectivity index (χ2v) is 3.13. The Morgan fingerprint density at radius 2 is 1.81 bits per heavy atom. The predicted octanol–water partition coefficient (Wildman–Crippen LogP) is 0.637. The summed E-state index contributed by atoms with van der Waals surface area (Å²) in [5.74, 6) is -2.08. The first-order valence-corrected chi connectivity index (χ1v) is 4.50. The van der Waals surface area contributed by atoms with E-state index in [1.54, 1.807) is 12.1 Å². The van der Waals surface area contributed by atoms with Gasteiger partial charge in [-0.05, 0) is 6.07 Å². The Morgan fingerprint density at radius 1 is 1.19 bits per heavy atom. The maximum atomic E-state index is 11.8. The van der Waals surface area contributed by atoms with Crippen molar-refractivity contribution in [3.05, 3.63) is 35.4 Å². The van der Waals surface area contributed by atoms with E-state index in [2.05, 4.69) is 9.73 Å². The average Bonchev–Trinajstić information content (AvgIpc) is 2.33. The molecular weight excluding hydrogens is 210 g/mol. The van der Waals surface area contributed by atoms with E-state index in [1.807, 2.05) is 0 Å². The normalized spacial score (nSPS) is 14.2. The number of nitrogens with zero attached hydrogens (tertiary/aromatic N) is 1. The Bertz CT molecular complexity index is 531. The van der Waals surface area contributed by atoms with Gasteiger partial charge in [0.15, 0.2) is 5.71 Å². The number of ether oxygens (including phenoxy) is 1. The van der Waals surface area contributed by atoms with Crippen LogP contribution < -0.4 is 0 Å². The van der Waals surface area contributed by atoms with Gasteiger partial charge in [0.05, 0.1) is 12.7 Å². The summed E-state index contributed by atoms with van der Waals surface area (Å²) < 4.78 is 4.38. The van der Waals surface area contributed by atoms with Crippen LogP contribution in [0.3, 0.4) is 0 Å². The van der Waals surface area contributed by atoms with Gasteiger partial charge >= 0.3 is 5.97 Å². The number of rotatable bonds is 1. The van der Waals surface area contributed by atoms with Gasteiger partial charge in [-0.1, -0.05) is 18.2 Å². The standard InChI is InChI=1S/C11H7NO4/c1-16-11(15)8-9(13)6-4-2-3-5-7(6)10(14)12-8/h2-5H,1H3. The second-order valence-electron chi connectivity index (χ2n) is 3.13. The van der Waals surface area contributed by atoms with E-state index in [0.717, 1.165) is 7.11 Å². The van der Waals surface area contributed by atoms with Gasteiger partial charge < -0.3 is 4.74 Å². The van der Waals surface area contributed by atoms with Gasteiger partial charge in [-0.2, -0.15) is 4.99 Å². The van der Waals surface area contributed by atoms with Gasteiger partial charge in [0.25, 0.3) is 5.91 Å². The molecule has 80 valence electrons. The lowest BCUT2D eigenvalue weighted by Gasteiger charge is -2.11. The largest absolute Gasteiger partial charge is 0.464 e. The van der Waals surface area contributed by atoms with E-state index in [1.165, 1.54) is 12.1 Å². The molecule has 16 heavy (non-hydrogen) atoms. The quantitative estimate of drug-likeness (QED) is 0.647. The minimum Gasteiger partial charge on any atom is -0.464 e. The van der Waals surface area contributed by atoms with Crippen molar-refractivity contribution in [1.29, 1.82) is 0 Å². The van der Waals surface area contributed by atoms with Crippen LogP contribution in [0.2, 0.25) is 0 Å². The third-order valence-corrected chi connectivity index (χ3v) is 2.21. The molecule has 0 bridgehead atoms. The molecule has 0 saturated heterocycles. The predicted molar refractivity (Wildman–Crippen MR) is 54.6 cm³/mol. The number of hydrogen-bond acceptors (Lipinski definition) is 4. The molecule has 5 heteroatoms. The Hall–Kier alpha value is -2.30. The summed E-state index contributed by atoms with van der Waals surface area (Å²) in [6, 6.07) is 6.22. The molecule has 1 aromatic rings. The topological polar surface area (TPSA) is 72.8 Å². The van der Waals surface area contributed by atoms with Crippen molar-refractivity contribution in [2.45, 2.75) is 0 Å². The molecular formula is C11H7NO4. The van der Waals surface area contributed by atoms with Crippen molar-refractivity contribution in [2.75, 3.05) is 7.11 Å². The first-order chi connectivity index (χ1) is 7.65. The number of esters is 1. The summed E-state index contributed by atoms with van der Waals surface area (Å²) in [6.45, 7) is 0. The number of methoxy groups -OCH3 is 1. The molecule has 5 nitrogen and oxygen atoms in total. The fourth-order valence-electron chi connectivity index (χ4n) is 1.44. The molecule has 0 fully saturated rings. The highest BCUT2D eigenvalue weighted by atomic mass is 16.5. The minimum atomic E-state index is -0.896. The highest BCUT2D eigenvalue weighted by Gasteiger charge is 2.31. The summed E-state index contributed by atoms with van der Waals surface area (Å²) in [6.07, 6.45) is 0. The van der Waals surface area contributed by atoms with Gasteiger partial charge in [-0.15, -0.1) is 0 Å². The van der Waals surface area contributed by atoms with Crippen LogP contribution in [0.1, 0.15) is 20.7 Å². The molecule has 1 amide bonds. The van der Waals surface area contributed by atoms with Crippen LogP contribution in [0.5, 0.6) is 0 Å². The maximum absolute atomic E-state index is 11.8. The summed E-state index contributed by atoms with van der Waals surface area (Å²) >= 11 is 0. The zero-order valence-corrected chi connectivity index (χ0v) is 8.39. The van der Waals surface area contributed by atoms with Gasteiger partial charge in [-0.25, -0.2) is 4.79 Å². The lowest BCUT2D eigenvalue weighted by molar-refractivity contribution is -0.132. The van der Waals surface area contributed by atoms with Gasteiger partial charge in [0, 0.05) is 5.56 Å². The van der Waals surface area contributed by atoms with E-state index in [0.29, 0.717) is 0 Å². The number of hydrogen-bond donors (Lipinski definition) is 0. The molecule has 1 aliphatic heterocycles. The maximum Gasteiger partial charge on any atom is 0.360 e. The number of Topliss-reactive ketones (excluding diaryl/α,β-unsaturated/α-hetero) is 1. The monoisotopic (exact) mass is 217 g/mol. The van der Waals surface area contributed by atoms with Gasteiger partial charge in [0.2, 0.25) is 5.78 Å². The van der Waals surface area contributed by atoms with E-state index < -0.39 is 23.4 Å². The second kappa shape index (κ2) is 3.69. The van der Waals surface area contributed by atoms with Gasteiger partial charge in [-0.3, -0.25) is 9.59 Å². The van der Waals surface area contributed by atoms with Crippen LogP contribution in [-0.2, 0) is 9.53 Å². The van der Waals surface area contributed by atoms with Crippen LogP contribution in [0.4, 0.5) is 0 Å². The van der Waals surface area contributed by atoms with Crippen LogP contribution in [-0.4, -0.2) is 30.5 Å². The highest BCUT2D eigenvalue weighted by Crippen LogP contribution is 2.17. The van der Waals surface area contributed by atoms with Crippen molar-refractivity contribution in [2.24, 2.45) is 4.99 Å². The zero-order chi connectivity index (χ0) is 11.7. The zero-order valence-electron chi connectivity index (χ0n) is 8.39.